The van der Waals surface area contributed by atoms with Gasteiger partial charge in [0, 0.05) is 23.8 Å². The molecule has 1 amide bonds. The average Bonchev–Trinajstić information content (AvgIpc) is 2.93. The van der Waals surface area contributed by atoms with E-state index >= 15 is 0 Å². The van der Waals surface area contributed by atoms with E-state index in [2.05, 4.69) is 10.3 Å². The number of carbonyl (C=O) groups excluding carboxylic acids is 1. The summed E-state index contributed by atoms with van der Waals surface area (Å²) in [4.78, 5) is 17.5. The van der Waals surface area contributed by atoms with Gasteiger partial charge in [-0.1, -0.05) is 31.7 Å². The molecule has 0 atom stereocenters. The number of amides is 1. The zero-order chi connectivity index (χ0) is 21.1. The molecule has 0 aliphatic heterocycles. The molecule has 0 saturated heterocycles. The van der Waals surface area contributed by atoms with Crippen LogP contribution in [0.1, 0.15) is 65.7 Å². The molecule has 3 aromatic rings. The summed E-state index contributed by atoms with van der Waals surface area (Å²) in [5.74, 6) is -0.0401. The molecule has 2 heterocycles. The minimum atomic E-state index is -0.0401. The fraction of sp³-hybridized carbons (Fsp3) is 0.458. The van der Waals surface area contributed by atoms with Crippen molar-refractivity contribution in [2.75, 3.05) is 6.61 Å². The van der Waals surface area contributed by atoms with Crippen LogP contribution in [-0.2, 0) is 6.42 Å². The molecule has 0 spiro atoms. The largest absolute Gasteiger partial charge is 0.396 e. The molecule has 6 heteroatoms. The van der Waals surface area contributed by atoms with E-state index < -0.39 is 0 Å². The normalized spacial score (nSPS) is 15.3. The van der Waals surface area contributed by atoms with Gasteiger partial charge < -0.3 is 10.4 Å². The first-order chi connectivity index (χ1) is 14.5. The fourth-order valence-electron chi connectivity index (χ4n) is 4.37. The molecule has 4 rings (SSSR count). The van der Waals surface area contributed by atoms with Gasteiger partial charge in [0.1, 0.15) is 0 Å². The van der Waals surface area contributed by atoms with Gasteiger partial charge in [0.2, 0.25) is 0 Å². The number of hydrogen-bond donors (Lipinski definition) is 2. The van der Waals surface area contributed by atoms with E-state index in [0.29, 0.717) is 12.0 Å². The molecule has 1 aliphatic rings. The van der Waals surface area contributed by atoms with Gasteiger partial charge >= 0.3 is 0 Å². The number of carbonyl (C=O) groups is 1. The van der Waals surface area contributed by atoms with Crippen LogP contribution in [0.3, 0.4) is 0 Å². The minimum Gasteiger partial charge on any atom is -0.396 e. The van der Waals surface area contributed by atoms with Crippen LogP contribution in [0.2, 0.25) is 0 Å². The Morgan fingerprint density at radius 1 is 1.17 bits per heavy atom. The second-order valence-electron chi connectivity index (χ2n) is 8.37. The van der Waals surface area contributed by atoms with E-state index in [1.165, 1.54) is 25.7 Å². The lowest BCUT2D eigenvalue weighted by Crippen LogP contribution is -2.35. The Morgan fingerprint density at radius 3 is 2.67 bits per heavy atom. The second kappa shape index (κ2) is 8.96. The number of aliphatic hydroxyl groups excluding tert-OH is 1. The van der Waals surface area contributed by atoms with Gasteiger partial charge in [-0.25, -0.2) is 9.50 Å². The first kappa shape index (κ1) is 20.5. The highest BCUT2D eigenvalue weighted by Crippen LogP contribution is 2.24. The molecular formula is C24H30N4O2. The second-order valence-corrected chi connectivity index (χ2v) is 8.37. The van der Waals surface area contributed by atoms with Crippen LogP contribution in [0, 0.1) is 13.8 Å². The van der Waals surface area contributed by atoms with Crippen LogP contribution in [0.25, 0.3) is 16.9 Å². The number of fused-ring (bicyclic) bond motifs is 1. The van der Waals surface area contributed by atoms with Gasteiger partial charge in [-0.3, -0.25) is 4.79 Å². The van der Waals surface area contributed by atoms with Gasteiger partial charge in [0.25, 0.3) is 5.91 Å². The summed E-state index contributed by atoms with van der Waals surface area (Å²) < 4.78 is 1.80. The highest BCUT2D eigenvalue weighted by Gasteiger charge is 2.19. The maximum Gasteiger partial charge on any atom is 0.251 e. The molecule has 1 aromatic carbocycles. The molecule has 1 fully saturated rings. The smallest absolute Gasteiger partial charge is 0.251 e. The van der Waals surface area contributed by atoms with E-state index in [1.54, 1.807) is 4.52 Å². The van der Waals surface area contributed by atoms with E-state index in [4.69, 9.17) is 5.10 Å². The topological polar surface area (TPSA) is 79.5 Å². The Morgan fingerprint density at radius 2 is 1.93 bits per heavy atom. The monoisotopic (exact) mass is 406 g/mol. The van der Waals surface area contributed by atoms with E-state index in [9.17, 15) is 9.90 Å². The van der Waals surface area contributed by atoms with Crippen molar-refractivity contribution in [1.82, 2.24) is 19.9 Å². The molecule has 0 bridgehead atoms. The lowest BCUT2D eigenvalue weighted by Gasteiger charge is -2.18. The Labute approximate surface area is 177 Å². The summed E-state index contributed by atoms with van der Waals surface area (Å²) in [5, 5.41) is 17.5. The predicted octanol–water partition coefficient (Wildman–Crippen LogP) is 4.00. The number of nitrogens with zero attached hydrogens (tertiary/aromatic N) is 3. The minimum absolute atomic E-state index is 0.000626. The highest BCUT2D eigenvalue weighted by molar-refractivity contribution is 5.96. The van der Waals surface area contributed by atoms with Crippen molar-refractivity contribution in [3.05, 3.63) is 52.8 Å². The molecule has 6 nitrogen and oxygen atoms in total. The summed E-state index contributed by atoms with van der Waals surface area (Å²) in [6.45, 7) is 3.98. The van der Waals surface area contributed by atoms with Crippen molar-refractivity contribution in [2.45, 2.75) is 64.8 Å². The molecule has 0 unspecified atom stereocenters. The molecule has 1 aliphatic carbocycles. The third kappa shape index (κ3) is 4.38. The van der Waals surface area contributed by atoms with Crippen LogP contribution < -0.4 is 5.32 Å². The summed E-state index contributed by atoms with van der Waals surface area (Å²) in [7, 11) is 0. The maximum atomic E-state index is 13.0. The molecule has 1 saturated carbocycles. The third-order valence-corrected chi connectivity index (χ3v) is 5.95. The number of nitrogens with one attached hydrogen (secondary N) is 1. The van der Waals surface area contributed by atoms with Gasteiger partial charge in [-0.05, 0) is 62.4 Å². The van der Waals surface area contributed by atoms with Gasteiger partial charge in [-0.15, -0.1) is 0 Å². The fourth-order valence-corrected chi connectivity index (χ4v) is 4.37. The predicted molar refractivity (Wildman–Crippen MR) is 118 cm³/mol. The quantitative estimate of drug-likeness (QED) is 0.628. The molecular weight excluding hydrogens is 376 g/mol. The lowest BCUT2D eigenvalue weighted by atomic mass is 9.98. The Bertz CT molecular complexity index is 1050. The third-order valence-electron chi connectivity index (χ3n) is 5.95. The number of hydrogen-bond acceptors (Lipinski definition) is 4. The first-order valence-corrected chi connectivity index (χ1v) is 10.9. The number of aromatic nitrogens is 3. The number of imidazole rings is 1. The lowest BCUT2D eigenvalue weighted by molar-refractivity contribution is 0.0932. The van der Waals surface area contributed by atoms with Crippen molar-refractivity contribution in [3.8, 4) is 11.3 Å². The Hall–Kier alpha value is -2.73. The molecule has 30 heavy (non-hydrogen) atoms. The van der Waals surface area contributed by atoms with E-state index in [1.807, 2.05) is 44.3 Å². The van der Waals surface area contributed by atoms with Gasteiger partial charge in [0.15, 0.2) is 5.65 Å². The van der Waals surface area contributed by atoms with Crippen LogP contribution >= 0.6 is 0 Å². The molecule has 2 aromatic heterocycles. The summed E-state index contributed by atoms with van der Waals surface area (Å²) in [5.41, 5.74) is 6.08. The number of aryl methyl sites for hydroxylation is 2. The van der Waals surface area contributed by atoms with E-state index in [-0.39, 0.29) is 18.6 Å². The molecule has 2 N–H and O–H groups in total. The number of rotatable bonds is 5. The van der Waals surface area contributed by atoms with Crippen molar-refractivity contribution in [3.63, 3.8) is 0 Å². The zero-order valence-electron chi connectivity index (χ0n) is 17.8. The average molecular weight is 407 g/mol. The molecule has 158 valence electrons. The van der Waals surface area contributed by atoms with Crippen LogP contribution in [0.5, 0.6) is 0 Å². The summed E-state index contributed by atoms with van der Waals surface area (Å²) >= 11 is 0. The van der Waals surface area contributed by atoms with Gasteiger partial charge in [-0.2, -0.15) is 5.10 Å². The summed E-state index contributed by atoms with van der Waals surface area (Å²) in [6.07, 6.45) is 9.30. The SMILES string of the molecule is Cc1cn2nc(-c3ccc(C(=O)NC4CCCCCC4)c(CCO)c3)cc(C)c2n1. The Kier molecular flexibility index (Phi) is 6.13. The zero-order valence-corrected chi connectivity index (χ0v) is 17.8. The summed E-state index contributed by atoms with van der Waals surface area (Å²) in [6, 6.07) is 8.06. The van der Waals surface area contributed by atoms with Gasteiger partial charge in [0.05, 0.1) is 17.6 Å². The number of aliphatic hydroxyl groups is 1. The standard InChI is InChI=1S/C24H30N4O2/c1-16-13-22(27-28-15-17(2)25-23(16)28)19-9-10-21(18(14-19)11-12-29)24(30)26-20-7-5-3-4-6-8-20/h9-10,13-15,20,29H,3-8,11-12H2,1-2H3,(H,26,30). The van der Waals surface area contributed by atoms with Crippen LogP contribution in [-0.4, -0.2) is 38.3 Å². The molecule has 0 radical (unpaired) electrons. The van der Waals surface area contributed by atoms with E-state index in [0.717, 1.165) is 46.6 Å². The first-order valence-electron chi connectivity index (χ1n) is 10.9. The van der Waals surface area contributed by atoms with Crippen molar-refractivity contribution in [1.29, 1.82) is 0 Å². The van der Waals surface area contributed by atoms with Crippen molar-refractivity contribution in [2.24, 2.45) is 0 Å². The number of benzene rings is 1. The van der Waals surface area contributed by atoms with Crippen molar-refractivity contribution >= 4 is 11.6 Å². The van der Waals surface area contributed by atoms with Crippen molar-refractivity contribution < 1.29 is 9.90 Å². The van der Waals surface area contributed by atoms with Crippen LogP contribution in [0.15, 0.2) is 30.5 Å². The van der Waals surface area contributed by atoms with Crippen LogP contribution in [0.4, 0.5) is 0 Å². The Balaban J connectivity index is 1.63. The maximum absolute atomic E-state index is 13.0. The highest BCUT2D eigenvalue weighted by atomic mass is 16.3.